The minimum absolute atomic E-state index is 0.0306. The highest BCUT2D eigenvalue weighted by Gasteiger charge is 2.31. The van der Waals surface area contributed by atoms with E-state index in [-0.39, 0.29) is 5.91 Å². The maximum absolute atomic E-state index is 12.3. The maximum atomic E-state index is 12.3. The van der Waals surface area contributed by atoms with Gasteiger partial charge in [-0.3, -0.25) is 4.79 Å². The van der Waals surface area contributed by atoms with E-state index in [2.05, 4.69) is 0 Å². The van der Waals surface area contributed by atoms with E-state index in [1.807, 2.05) is 31.2 Å². The van der Waals surface area contributed by atoms with Gasteiger partial charge in [0.05, 0.1) is 5.60 Å². The fraction of sp³-hybridized carbons (Fsp3) is 0.500. The van der Waals surface area contributed by atoms with Crippen molar-refractivity contribution in [3.8, 4) is 0 Å². The van der Waals surface area contributed by atoms with E-state index in [1.54, 1.807) is 11.8 Å². The number of β-amino-alcohol motifs (C(OH)–C–C–N with tert-alkyl or cyclic N) is 1. The molecule has 0 spiro atoms. The van der Waals surface area contributed by atoms with E-state index in [4.69, 9.17) is 0 Å². The summed E-state index contributed by atoms with van der Waals surface area (Å²) in [6.07, 6.45) is 1.63. The molecule has 1 atom stereocenters. The van der Waals surface area contributed by atoms with E-state index >= 15 is 0 Å². The number of carbonyl (C=O) groups is 1. The zero-order valence-corrected chi connectivity index (χ0v) is 10.4. The van der Waals surface area contributed by atoms with Crippen molar-refractivity contribution in [1.82, 2.24) is 4.90 Å². The zero-order valence-electron chi connectivity index (χ0n) is 10.4. The highest BCUT2D eigenvalue weighted by molar-refractivity contribution is 5.95. The van der Waals surface area contributed by atoms with Crippen LogP contribution in [0.25, 0.3) is 0 Å². The van der Waals surface area contributed by atoms with Crippen molar-refractivity contribution in [2.45, 2.75) is 32.3 Å². The number of hydrogen-bond acceptors (Lipinski definition) is 2. The van der Waals surface area contributed by atoms with Gasteiger partial charge in [0, 0.05) is 18.7 Å². The molecule has 1 unspecified atom stereocenters. The van der Waals surface area contributed by atoms with Crippen molar-refractivity contribution < 1.29 is 9.90 Å². The van der Waals surface area contributed by atoms with Gasteiger partial charge in [0.15, 0.2) is 0 Å². The summed E-state index contributed by atoms with van der Waals surface area (Å²) in [4.78, 5) is 14.1. The summed E-state index contributed by atoms with van der Waals surface area (Å²) in [5, 5.41) is 10.0. The molecule has 2 rings (SSSR count). The molecule has 1 fully saturated rings. The van der Waals surface area contributed by atoms with Crippen molar-refractivity contribution in [3.05, 3.63) is 35.4 Å². The SMILES string of the molecule is Cc1ccccc1C(=O)N1CCCC(C)(O)C1. The Morgan fingerprint density at radius 1 is 1.41 bits per heavy atom. The van der Waals surface area contributed by atoms with Crippen LogP contribution in [0.4, 0.5) is 0 Å². The second-order valence-corrected chi connectivity index (χ2v) is 5.14. The molecule has 1 aromatic rings. The van der Waals surface area contributed by atoms with Crippen LogP contribution in [0, 0.1) is 6.92 Å². The predicted octanol–water partition coefficient (Wildman–Crippen LogP) is 1.98. The third kappa shape index (κ3) is 2.67. The van der Waals surface area contributed by atoms with E-state index in [9.17, 15) is 9.90 Å². The third-order valence-electron chi connectivity index (χ3n) is 3.34. The lowest BCUT2D eigenvalue weighted by atomic mass is 9.94. The summed E-state index contributed by atoms with van der Waals surface area (Å²) in [5.74, 6) is 0.0306. The standard InChI is InChI=1S/C14H19NO2/c1-11-6-3-4-7-12(11)13(16)15-9-5-8-14(2,17)10-15/h3-4,6-7,17H,5,8-10H2,1-2H3. The van der Waals surface area contributed by atoms with Crippen LogP contribution in [0.1, 0.15) is 35.7 Å². The molecule has 1 aliphatic rings. The molecular weight excluding hydrogens is 214 g/mol. The molecule has 17 heavy (non-hydrogen) atoms. The van der Waals surface area contributed by atoms with Crippen LogP contribution in [0.5, 0.6) is 0 Å². The minimum Gasteiger partial charge on any atom is -0.388 e. The van der Waals surface area contributed by atoms with Gasteiger partial charge in [0.25, 0.3) is 5.91 Å². The number of benzene rings is 1. The lowest BCUT2D eigenvalue weighted by molar-refractivity contribution is -0.0107. The quantitative estimate of drug-likeness (QED) is 0.805. The molecule has 1 aliphatic heterocycles. The topological polar surface area (TPSA) is 40.5 Å². The predicted molar refractivity (Wildman–Crippen MR) is 66.9 cm³/mol. The van der Waals surface area contributed by atoms with Crippen molar-refractivity contribution >= 4 is 5.91 Å². The number of amides is 1. The Morgan fingerprint density at radius 3 is 2.76 bits per heavy atom. The summed E-state index contributed by atoms with van der Waals surface area (Å²) in [6, 6.07) is 7.59. The highest BCUT2D eigenvalue weighted by atomic mass is 16.3. The second kappa shape index (κ2) is 4.49. The molecule has 1 aromatic carbocycles. The molecule has 3 heteroatoms. The number of nitrogens with zero attached hydrogens (tertiary/aromatic N) is 1. The molecule has 0 saturated carbocycles. The van der Waals surface area contributed by atoms with Crippen molar-refractivity contribution in [2.24, 2.45) is 0 Å². The molecule has 0 radical (unpaired) electrons. The van der Waals surface area contributed by atoms with Gasteiger partial charge in [-0.05, 0) is 38.3 Å². The molecule has 0 bridgehead atoms. The van der Waals surface area contributed by atoms with Gasteiger partial charge < -0.3 is 10.0 Å². The number of likely N-dealkylation sites (tertiary alicyclic amines) is 1. The van der Waals surface area contributed by atoms with Crippen LogP contribution < -0.4 is 0 Å². The van der Waals surface area contributed by atoms with E-state index in [0.29, 0.717) is 6.54 Å². The van der Waals surface area contributed by atoms with Crippen LogP contribution in [0.2, 0.25) is 0 Å². The first kappa shape index (κ1) is 12.1. The zero-order chi connectivity index (χ0) is 12.5. The average Bonchev–Trinajstić information content (AvgIpc) is 2.27. The number of aryl methyl sites for hydroxylation is 1. The van der Waals surface area contributed by atoms with E-state index in [1.165, 1.54) is 0 Å². The maximum Gasteiger partial charge on any atom is 0.254 e. The molecule has 92 valence electrons. The second-order valence-electron chi connectivity index (χ2n) is 5.14. The van der Waals surface area contributed by atoms with Crippen LogP contribution in [-0.2, 0) is 0 Å². The lowest BCUT2D eigenvalue weighted by Crippen LogP contribution is -2.48. The van der Waals surface area contributed by atoms with Crippen molar-refractivity contribution in [1.29, 1.82) is 0 Å². The van der Waals surface area contributed by atoms with Gasteiger partial charge >= 0.3 is 0 Å². The summed E-state index contributed by atoms with van der Waals surface area (Å²) >= 11 is 0. The molecule has 3 nitrogen and oxygen atoms in total. The molecule has 1 amide bonds. The highest BCUT2D eigenvalue weighted by Crippen LogP contribution is 2.22. The normalized spacial score (nSPS) is 24.8. The van der Waals surface area contributed by atoms with Crippen LogP contribution in [0.3, 0.4) is 0 Å². The Hall–Kier alpha value is -1.35. The lowest BCUT2D eigenvalue weighted by Gasteiger charge is -2.37. The number of rotatable bonds is 1. The fourth-order valence-corrected chi connectivity index (χ4v) is 2.38. The van der Waals surface area contributed by atoms with Gasteiger partial charge in [-0.15, -0.1) is 0 Å². The van der Waals surface area contributed by atoms with E-state index in [0.717, 1.165) is 30.5 Å². The van der Waals surface area contributed by atoms with Gasteiger partial charge in [-0.25, -0.2) is 0 Å². The number of carbonyl (C=O) groups excluding carboxylic acids is 1. The van der Waals surface area contributed by atoms with Crippen molar-refractivity contribution in [2.75, 3.05) is 13.1 Å². The molecule has 0 aliphatic carbocycles. The molecular formula is C14H19NO2. The summed E-state index contributed by atoms with van der Waals surface area (Å²) in [6.45, 7) is 4.91. The first-order valence-electron chi connectivity index (χ1n) is 6.07. The molecule has 1 N–H and O–H groups in total. The van der Waals surface area contributed by atoms with Gasteiger partial charge in [-0.1, -0.05) is 18.2 Å². The summed E-state index contributed by atoms with van der Waals surface area (Å²) < 4.78 is 0. The fourth-order valence-electron chi connectivity index (χ4n) is 2.38. The van der Waals surface area contributed by atoms with Crippen LogP contribution in [-0.4, -0.2) is 34.6 Å². The minimum atomic E-state index is -0.739. The van der Waals surface area contributed by atoms with Gasteiger partial charge in [-0.2, -0.15) is 0 Å². The first-order valence-corrected chi connectivity index (χ1v) is 6.07. The van der Waals surface area contributed by atoms with Crippen LogP contribution >= 0.6 is 0 Å². The Kier molecular flexibility index (Phi) is 3.20. The number of aliphatic hydroxyl groups is 1. The Labute approximate surface area is 102 Å². The van der Waals surface area contributed by atoms with Crippen LogP contribution in [0.15, 0.2) is 24.3 Å². The smallest absolute Gasteiger partial charge is 0.254 e. The van der Waals surface area contributed by atoms with Crippen molar-refractivity contribution in [3.63, 3.8) is 0 Å². The Bertz CT molecular complexity index is 426. The van der Waals surface area contributed by atoms with E-state index < -0.39 is 5.60 Å². The van der Waals surface area contributed by atoms with Gasteiger partial charge in [0.2, 0.25) is 0 Å². The summed E-state index contributed by atoms with van der Waals surface area (Å²) in [7, 11) is 0. The largest absolute Gasteiger partial charge is 0.388 e. The molecule has 0 aromatic heterocycles. The number of hydrogen-bond donors (Lipinski definition) is 1. The first-order chi connectivity index (χ1) is 7.99. The molecule has 1 heterocycles. The summed E-state index contributed by atoms with van der Waals surface area (Å²) in [5.41, 5.74) is 0.990. The Morgan fingerprint density at radius 2 is 2.12 bits per heavy atom. The average molecular weight is 233 g/mol. The third-order valence-corrected chi connectivity index (χ3v) is 3.34. The number of piperidine rings is 1. The molecule has 1 saturated heterocycles. The monoisotopic (exact) mass is 233 g/mol. The van der Waals surface area contributed by atoms with Gasteiger partial charge in [0.1, 0.15) is 0 Å². The Balaban J connectivity index is 2.18.